The molecule has 0 aliphatic carbocycles. The van der Waals surface area contributed by atoms with Gasteiger partial charge in [-0.05, 0) is 56.9 Å². The number of rotatable bonds is 3. The van der Waals surface area contributed by atoms with Crippen LogP contribution < -0.4 is 4.74 Å². The molecule has 7 nitrogen and oxygen atoms in total. The molecule has 0 saturated carbocycles. The highest BCUT2D eigenvalue weighted by Crippen LogP contribution is 2.30. The summed E-state index contributed by atoms with van der Waals surface area (Å²) in [6.45, 7) is 9.36. The van der Waals surface area contributed by atoms with Crippen LogP contribution in [0.4, 0.5) is 4.79 Å². The zero-order valence-electron chi connectivity index (χ0n) is 16.1. The minimum absolute atomic E-state index is 0.259. The van der Waals surface area contributed by atoms with Crippen LogP contribution in [-0.2, 0) is 31.4 Å². The summed E-state index contributed by atoms with van der Waals surface area (Å²) in [5.41, 5.74) is 3.96. The fourth-order valence-electron chi connectivity index (χ4n) is 3.05. The van der Waals surface area contributed by atoms with Crippen molar-refractivity contribution in [3.8, 4) is 5.75 Å². The van der Waals surface area contributed by atoms with Crippen molar-refractivity contribution in [3.63, 3.8) is 0 Å². The maximum atomic E-state index is 12.3. The van der Waals surface area contributed by atoms with E-state index in [0.29, 0.717) is 19.7 Å². The van der Waals surface area contributed by atoms with Crippen molar-refractivity contribution in [1.82, 2.24) is 19.9 Å². The second-order valence-electron chi connectivity index (χ2n) is 7.62. The maximum absolute atomic E-state index is 12.3. The predicted octanol–water partition coefficient (Wildman–Crippen LogP) is 3.00. The molecule has 7 heteroatoms. The summed E-state index contributed by atoms with van der Waals surface area (Å²) >= 11 is 0. The highest BCUT2D eigenvalue weighted by molar-refractivity contribution is 5.69. The van der Waals surface area contributed by atoms with Crippen molar-refractivity contribution < 1.29 is 14.3 Å². The van der Waals surface area contributed by atoms with E-state index in [2.05, 4.69) is 17.2 Å². The number of carbonyl (C=O) groups is 1. The van der Waals surface area contributed by atoms with Gasteiger partial charge < -0.3 is 14.4 Å². The quantitative estimate of drug-likeness (QED) is 0.844. The van der Waals surface area contributed by atoms with E-state index in [4.69, 9.17) is 9.47 Å². The van der Waals surface area contributed by atoms with E-state index in [9.17, 15) is 4.79 Å². The van der Waals surface area contributed by atoms with Crippen molar-refractivity contribution in [2.75, 3.05) is 6.54 Å². The number of benzene rings is 1. The van der Waals surface area contributed by atoms with Gasteiger partial charge in [-0.3, -0.25) is 0 Å². The van der Waals surface area contributed by atoms with Crippen molar-refractivity contribution in [2.45, 2.75) is 52.9 Å². The van der Waals surface area contributed by atoms with E-state index in [-0.39, 0.29) is 6.09 Å². The van der Waals surface area contributed by atoms with Crippen LogP contribution in [-0.4, -0.2) is 38.1 Å². The number of aromatic nitrogens is 3. The molecule has 1 aliphatic heterocycles. The molecule has 0 fully saturated rings. The Hall–Kier alpha value is -2.57. The largest absolute Gasteiger partial charge is 0.487 e. The molecule has 1 aromatic carbocycles. The summed E-state index contributed by atoms with van der Waals surface area (Å²) < 4.78 is 13.1. The molecule has 2 heterocycles. The Bertz CT molecular complexity index is 808. The van der Waals surface area contributed by atoms with Crippen molar-refractivity contribution in [2.24, 2.45) is 7.05 Å². The molecule has 0 saturated heterocycles. The SMILES string of the molecule is Cc1c(OCc2cnnn2C)ccc2c1CCN(C(=O)OC(C)(C)C)C2. The molecule has 1 aromatic heterocycles. The first-order chi connectivity index (χ1) is 12.2. The average molecular weight is 358 g/mol. The zero-order chi connectivity index (χ0) is 18.9. The van der Waals surface area contributed by atoms with Gasteiger partial charge in [0, 0.05) is 20.1 Å². The molecule has 2 aromatic rings. The molecule has 3 rings (SSSR count). The topological polar surface area (TPSA) is 69.5 Å². The number of aryl methyl sites for hydroxylation is 1. The van der Waals surface area contributed by atoms with Crippen LogP contribution in [0.2, 0.25) is 0 Å². The number of amides is 1. The van der Waals surface area contributed by atoms with Crippen LogP contribution in [0.25, 0.3) is 0 Å². The number of nitrogens with zero attached hydrogens (tertiary/aromatic N) is 4. The third-order valence-corrected chi connectivity index (χ3v) is 4.47. The third kappa shape index (κ3) is 3.98. The van der Waals surface area contributed by atoms with Gasteiger partial charge in [-0.15, -0.1) is 5.10 Å². The monoisotopic (exact) mass is 358 g/mol. The Morgan fingerprint density at radius 3 is 2.73 bits per heavy atom. The second-order valence-corrected chi connectivity index (χ2v) is 7.62. The molecule has 0 N–H and O–H groups in total. The Morgan fingerprint density at radius 1 is 1.31 bits per heavy atom. The predicted molar refractivity (Wildman–Crippen MR) is 96.9 cm³/mol. The van der Waals surface area contributed by atoms with Gasteiger partial charge in [-0.25, -0.2) is 9.48 Å². The zero-order valence-corrected chi connectivity index (χ0v) is 16.1. The van der Waals surface area contributed by atoms with Crippen LogP contribution in [0.15, 0.2) is 18.3 Å². The summed E-state index contributed by atoms with van der Waals surface area (Å²) in [5, 5.41) is 7.77. The first kappa shape index (κ1) is 18.2. The summed E-state index contributed by atoms with van der Waals surface area (Å²) in [6, 6.07) is 4.01. The Morgan fingerprint density at radius 2 is 2.08 bits per heavy atom. The van der Waals surface area contributed by atoms with Crippen LogP contribution in [0.1, 0.15) is 43.2 Å². The first-order valence-corrected chi connectivity index (χ1v) is 8.80. The second kappa shape index (κ2) is 6.97. The lowest BCUT2D eigenvalue weighted by molar-refractivity contribution is 0.0223. The number of hydrogen-bond acceptors (Lipinski definition) is 5. The standard InChI is InChI=1S/C19H26N4O3/c1-13-16-8-9-23(18(24)26-19(2,3)4)11-14(16)6-7-17(13)25-12-15-10-20-21-22(15)5/h6-7,10H,8-9,11-12H2,1-5H3. The minimum Gasteiger partial charge on any atom is -0.487 e. The van der Waals surface area contributed by atoms with Gasteiger partial charge in [0.15, 0.2) is 0 Å². The molecule has 0 unspecified atom stereocenters. The van der Waals surface area contributed by atoms with Crippen LogP contribution in [0.3, 0.4) is 0 Å². The lowest BCUT2D eigenvalue weighted by Gasteiger charge is -2.32. The summed E-state index contributed by atoms with van der Waals surface area (Å²) in [4.78, 5) is 14.1. The van der Waals surface area contributed by atoms with Crippen LogP contribution >= 0.6 is 0 Å². The maximum Gasteiger partial charge on any atom is 0.410 e. The van der Waals surface area contributed by atoms with E-state index in [0.717, 1.165) is 29.0 Å². The minimum atomic E-state index is -0.481. The molecular formula is C19H26N4O3. The lowest BCUT2D eigenvalue weighted by Crippen LogP contribution is -2.40. The first-order valence-electron chi connectivity index (χ1n) is 8.80. The molecule has 140 valence electrons. The molecule has 0 atom stereocenters. The summed E-state index contributed by atoms with van der Waals surface area (Å²) in [7, 11) is 1.84. The number of hydrogen-bond donors (Lipinski definition) is 0. The number of ether oxygens (including phenoxy) is 2. The number of carbonyl (C=O) groups excluding carboxylic acids is 1. The molecule has 26 heavy (non-hydrogen) atoms. The molecule has 0 bridgehead atoms. The summed E-state index contributed by atoms with van der Waals surface area (Å²) in [6.07, 6.45) is 2.24. The van der Waals surface area contributed by atoms with Crippen LogP contribution in [0, 0.1) is 6.92 Å². The van der Waals surface area contributed by atoms with Crippen molar-refractivity contribution >= 4 is 6.09 Å². The molecule has 1 aliphatic rings. The van der Waals surface area contributed by atoms with Gasteiger partial charge >= 0.3 is 6.09 Å². The molecule has 0 spiro atoms. The van der Waals surface area contributed by atoms with Gasteiger partial charge in [0.2, 0.25) is 0 Å². The van der Waals surface area contributed by atoms with E-state index in [1.165, 1.54) is 5.56 Å². The Kier molecular flexibility index (Phi) is 4.89. The fourth-order valence-corrected chi connectivity index (χ4v) is 3.05. The Labute approximate surface area is 153 Å². The van der Waals surface area contributed by atoms with Gasteiger partial charge in [-0.1, -0.05) is 11.3 Å². The molecule has 1 amide bonds. The van der Waals surface area contributed by atoms with Crippen LogP contribution in [0.5, 0.6) is 5.75 Å². The lowest BCUT2D eigenvalue weighted by atomic mass is 9.94. The normalized spacial score (nSPS) is 14.1. The van der Waals surface area contributed by atoms with Gasteiger partial charge in [-0.2, -0.15) is 0 Å². The third-order valence-electron chi connectivity index (χ3n) is 4.47. The molecular weight excluding hydrogens is 332 g/mol. The summed E-state index contributed by atoms with van der Waals surface area (Å²) in [5.74, 6) is 0.857. The van der Waals surface area contributed by atoms with Gasteiger partial charge in [0.05, 0.1) is 11.9 Å². The Balaban J connectivity index is 1.70. The fraction of sp³-hybridized carbons (Fsp3) is 0.526. The van der Waals surface area contributed by atoms with Gasteiger partial charge in [0.25, 0.3) is 0 Å². The highest BCUT2D eigenvalue weighted by Gasteiger charge is 2.27. The highest BCUT2D eigenvalue weighted by atomic mass is 16.6. The van der Waals surface area contributed by atoms with E-state index < -0.39 is 5.60 Å². The van der Waals surface area contributed by atoms with Gasteiger partial charge in [0.1, 0.15) is 18.0 Å². The van der Waals surface area contributed by atoms with Crippen molar-refractivity contribution in [1.29, 1.82) is 0 Å². The number of fused-ring (bicyclic) bond motifs is 1. The average Bonchev–Trinajstić information content (AvgIpc) is 2.97. The van der Waals surface area contributed by atoms with E-state index in [1.54, 1.807) is 15.8 Å². The van der Waals surface area contributed by atoms with E-state index in [1.807, 2.05) is 40.0 Å². The smallest absolute Gasteiger partial charge is 0.410 e. The molecule has 0 radical (unpaired) electrons. The van der Waals surface area contributed by atoms with E-state index >= 15 is 0 Å². The van der Waals surface area contributed by atoms with Crippen molar-refractivity contribution in [3.05, 3.63) is 40.7 Å².